The van der Waals surface area contributed by atoms with Crippen LogP contribution in [0.1, 0.15) is 41.2 Å². The Morgan fingerprint density at radius 2 is 2.00 bits per heavy atom. The highest BCUT2D eigenvalue weighted by Gasteiger charge is 2.20. The second-order valence-corrected chi connectivity index (χ2v) is 4.70. The third-order valence-electron chi connectivity index (χ3n) is 3.44. The lowest BCUT2D eigenvalue weighted by atomic mass is 9.97. The van der Waals surface area contributed by atoms with Crippen molar-refractivity contribution in [2.45, 2.75) is 40.2 Å². The summed E-state index contributed by atoms with van der Waals surface area (Å²) in [5.74, 6) is 2.03. The van der Waals surface area contributed by atoms with Crippen molar-refractivity contribution in [3.63, 3.8) is 0 Å². The molecule has 2 aromatic heterocycles. The van der Waals surface area contributed by atoms with Gasteiger partial charge in [-0.15, -0.1) is 0 Å². The van der Waals surface area contributed by atoms with Crippen molar-refractivity contribution in [1.29, 1.82) is 0 Å². The molecule has 1 N–H and O–H groups in total. The average Bonchev–Trinajstić information content (AvgIpc) is 2.89. The quantitative estimate of drug-likeness (QED) is 0.875. The standard InChI is InChI=1S/C15H21NO2/c1-5-16-14(8-13-6-7-17-9-13)15-10(2)11(3)18-12(15)4/h6-7,9,14,16H,5,8H2,1-4H3. The van der Waals surface area contributed by atoms with Crippen molar-refractivity contribution in [1.82, 2.24) is 5.32 Å². The van der Waals surface area contributed by atoms with E-state index in [4.69, 9.17) is 8.83 Å². The third kappa shape index (κ3) is 2.51. The van der Waals surface area contributed by atoms with Gasteiger partial charge in [-0.25, -0.2) is 0 Å². The van der Waals surface area contributed by atoms with Crippen LogP contribution < -0.4 is 5.32 Å². The Morgan fingerprint density at radius 1 is 1.22 bits per heavy atom. The van der Waals surface area contributed by atoms with E-state index in [1.807, 2.05) is 26.2 Å². The van der Waals surface area contributed by atoms with E-state index in [0.29, 0.717) is 0 Å². The van der Waals surface area contributed by atoms with Crippen LogP contribution in [0.3, 0.4) is 0 Å². The fraction of sp³-hybridized carbons (Fsp3) is 0.467. The largest absolute Gasteiger partial charge is 0.472 e. The molecule has 0 amide bonds. The summed E-state index contributed by atoms with van der Waals surface area (Å²) in [5, 5.41) is 3.53. The first-order valence-corrected chi connectivity index (χ1v) is 6.44. The Morgan fingerprint density at radius 3 is 2.50 bits per heavy atom. The number of rotatable bonds is 5. The van der Waals surface area contributed by atoms with Gasteiger partial charge in [0.05, 0.1) is 12.5 Å². The summed E-state index contributed by atoms with van der Waals surface area (Å²) in [6.07, 6.45) is 4.45. The average molecular weight is 247 g/mol. The fourth-order valence-corrected chi connectivity index (χ4v) is 2.49. The molecule has 0 bridgehead atoms. The number of likely N-dealkylation sites (N-methyl/N-ethyl adjacent to an activating group) is 1. The zero-order chi connectivity index (χ0) is 13.1. The van der Waals surface area contributed by atoms with Crippen LogP contribution in [0, 0.1) is 20.8 Å². The number of nitrogens with one attached hydrogen (secondary N) is 1. The minimum Gasteiger partial charge on any atom is -0.472 e. The van der Waals surface area contributed by atoms with Crippen LogP contribution in [0.5, 0.6) is 0 Å². The van der Waals surface area contributed by atoms with Crippen LogP contribution in [-0.4, -0.2) is 6.54 Å². The Kier molecular flexibility index (Phi) is 3.92. The summed E-state index contributed by atoms with van der Waals surface area (Å²) < 4.78 is 10.9. The molecule has 0 spiro atoms. The molecular formula is C15H21NO2. The van der Waals surface area contributed by atoms with Crippen molar-refractivity contribution < 1.29 is 8.83 Å². The van der Waals surface area contributed by atoms with Gasteiger partial charge in [0.15, 0.2) is 0 Å². The molecule has 0 saturated heterocycles. The van der Waals surface area contributed by atoms with Gasteiger partial charge >= 0.3 is 0 Å². The first-order valence-electron chi connectivity index (χ1n) is 6.44. The van der Waals surface area contributed by atoms with E-state index in [1.165, 1.54) is 16.7 Å². The van der Waals surface area contributed by atoms with Gasteiger partial charge in [0.2, 0.25) is 0 Å². The zero-order valence-electron chi connectivity index (χ0n) is 11.5. The van der Waals surface area contributed by atoms with E-state index < -0.39 is 0 Å². The van der Waals surface area contributed by atoms with Crippen LogP contribution in [0.15, 0.2) is 27.4 Å². The second-order valence-electron chi connectivity index (χ2n) is 4.70. The topological polar surface area (TPSA) is 38.3 Å². The van der Waals surface area contributed by atoms with E-state index in [2.05, 4.69) is 19.2 Å². The summed E-state index contributed by atoms with van der Waals surface area (Å²) in [6.45, 7) is 9.24. The number of hydrogen-bond donors (Lipinski definition) is 1. The molecular weight excluding hydrogens is 226 g/mol. The predicted octanol–water partition coefficient (Wildman–Crippen LogP) is 3.69. The highest BCUT2D eigenvalue weighted by Crippen LogP contribution is 2.29. The van der Waals surface area contributed by atoms with Crippen molar-refractivity contribution in [3.05, 3.63) is 46.8 Å². The maximum absolute atomic E-state index is 5.73. The molecule has 0 aliphatic rings. The first-order chi connectivity index (χ1) is 8.63. The molecule has 0 fully saturated rings. The molecule has 3 nitrogen and oxygen atoms in total. The van der Waals surface area contributed by atoms with Crippen molar-refractivity contribution in [2.24, 2.45) is 0 Å². The molecule has 3 heteroatoms. The lowest BCUT2D eigenvalue weighted by Crippen LogP contribution is -2.23. The third-order valence-corrected chi connectivity index (χ3v) is 3.44. The van der Waals surface area contributed by atoms with E-state index in [0.717, 1.165) is 24.5 Å². The number of furan rings is 2. The fourth-order valence-electron chi connectivity index (χ4n) is 2.49. The van der Waals surface area contributed by atoms with E-state index >= 15 is 0 Å². The summed E-state index contributed by atoms with van der Waals surface area (Å²) in [4.78, 5) is 0. The molecule has 0 aliphatic carbocycles. The monoisotopic (exact) mass is 247 g/mol. The molecule has 18 heavy (non-hydrogen) atoms. The van der Waals surface area contributed by atoms with Gasteiger partial charge in [-0.1, -0.05) is 6.92 Å². The second kappa shape index (κ2) is 5.44. The van der Waals surface area contributed by atoms with Crippen LogP contribution in [0.25, 0.3) is 0 Å². The van der Waals surface area contributed by atoms with Gasteiger partial charge in [0.25, 0.3) is 0 Å². The molecule has 0 aromatic carbocycles. The van der Waals surface area contributed by atoms with Gasteiger partial charge in [-0.3, -0.25) is 0 Å². The van der Waals surface area contributed by atoms with Crippen LogP contribution in [-0.2, 0) is 6.42 Å². The van der Waals surface area contributed by atoms with Gasteiger partial charge in [-0.05, 0) is 50.9 Å². The molecule has 98 valence electrons. The number of hydrogen-bond acceptors (Lipinski definition) is 3. The Hall–Kier alpha value is -1.48. The number of aryl methyl sites for hydroxylation is 2. The predicted molar refractivity (Wildman–Crippen MR) is 71.7 cm³/mol. The van der Waals surface area contributed by atoms with E-state index in [1.54, 1.807) is 6.26 Å². The summed E-state index contributed by atoms with van der Waals surface area (Å²) in [7, 11) is 0. The molecule has 0 saturated carbocycles. The smallest absolute Gasteiger partial charge is 0.106 e. The molecule has 2 aromatic rings. The van der Waals surface area contributed by atoms with Crippen LogP contribution in [0.2, 0.25) is 0 Å². The van der Waals surface area contributed by atoms with Gasteiger partial charge in [-0.2, -0.15) is 0 Å². The highest BCUT2D eigenvalue weighted by molar-refractivity contribution is 5.35. The van der Waals surface area contributed by atoms with Crippen LogP contribution in [0.4, 0.5) is 0 Å². The lowest BCUT2D eigenvalue weighted by molar-refractivity contribution is 0.483. The zero-order valence-corrected chi connectivity index (χ0v) is 11.5. The van der Waals surface area contributed by atoms with E-state index in [-0.39, 0.29) is 6.04 Å². The maximum atomic E-state index is 5.73. The van der Waals surface area contributed by atoms with Crippen molar-refractivity contribution >= 4 is 0 Å². The minimum atomic E-state index is 0.282. The highest BCUT2D eigenvalue weighted by atomic mass is 16.3. The van der Waals surface area contributed by atoms with Crippen molar-refractivity contribution in [2.75, 3.05) is 6.54 Å². The van der Waals surface area contributed by atoms with Crippen molar-refractivity contribution in [3.8, 4) is 0 Å². The SMILES string of the molecule is CCNC(Cc1ccoc1)c1c(C)oc(C)c1C. The Balaban J connectivity index is 2.29. The molecule has 0 aliphatic heterocycles. The van der Waals surface area contributed by atoms with Gasteiger partial charge < -0.3 is 14.2 Å². The summed E-state index contributed by atoms with van der Waals surface area (Å²) in [6, 6.07) is 2.30. The minimum absolute atomic E-state index is 0.282. The first kappa shape index (κ1) is 13.0. The molecule has 2 rings (SSSR count). The maximum Gasteiger partial charge on any atom is 0.106 e. The molecule has 0 radical (unpaired) electrons. The normalized spacial score (nSPS) is 12.9. The molecule has 1 atom stereocenters. The van der Waals surface area contributed by atoms with Crippen LogP contribution >= 0.6 is 0 Å². The van der Waals surface area contributed by atoms with Gasteiger partial charge in [0.1, 0.15) is 11.5 Å². The Labute approximate surface area is 108 Å². The Bertz CT molecular complexity index is 497. The molecule has 2 heterocycles. The van der Waals surface area contributed by atoms with Gasteiger partial charge in [0, 0.05) is 11.6 Å². The van der Waals surface area contributed by atoms with E-state index in [9.17, 15) is 0 Å². The molecule has 1 unspecified atom stereocenters. The summed E-state index contributed by atoms with van der Waals surface area (Å²) in [5.41, 5.74) is 3.75. The summed E-state index contributed by atoms with van der Waals surface area (Å²) >= 11 is 0. The lowest BCUT2D eigenvalue weighted by Gasteiger charge is -2.18.